The normalized spacial score (nSPS) is 9.05. The van der Waals surface area contributed by atoms with Crippen molar-refractivity contribution in [3.63, 3.8) is 0 Å². The molecule has 0 saturated heterocycles. The summed E-state index contributed by atoms with van der Waals surface area (Å²) in [5, 5.41) is 24.4. The van der Waals surface area contributed by atoms with Gasteiger partial charge in [-0.1, -0.05) is 0 Å². The van der Waals surface area contributed by atoms with Gasteiger partial charge in [-0.2, -0.15) is 0 Å². The van der Waals surface area contributed by atoms with E-state index in [1.54, 1.807) is 12.1 Å². The SMILES string of the molecule is O=C([O-])c1cnc(NCc2ccco2)nc1[O-].[Na+].[Na+]. The van der Waals surface area contributed by atoms with Crippen molar-refractivity contribution in [2.75, 3.05) is 5.32 Å². The standard InChI is InChI=1S/C10H9N3O4.2Na/c14-8-7(9(15)16)5-12-10(13-8)11-4-6-2-1-3-17-6;;/h1-3,5H,4H2,(H,15,16)(H2,11,12,13,14);;/q;2*+1/p-2. The summed E-state index contributed by atoms with van der Waals surface area (Å²) in [6, 6.07) is 3.46. The van der Waals surface area contributed by atoms with E-state index in [9.17, 15) is 15.0 Å². The molecule has 0 unspecified atom stereocenters. The Balaban J connectivity index is 0.00000162. The molecule has 0 aromatic carbocycles. The Morgan fingerprint density at radius 1 is 1.42 bits per heavy atom. The number of anilines is 1. The van der Waals surface area contributed by atoms with Crippen molar-refractivity contribution in [3.05, 3.63) is 35.9 Å². The molecule has 0 bridgehead atoms. The van der Waals surface area contributed by atoms with Crippen molar-refractivity contribution in [1.29, 1.82) is 0 Å². The van der Waals surface area contributed by atoms with Gasteiger partial charge >= 0.3 is 59.1 Å². The van der Waals surface area contributed by atoms with Crippen molar-refractivity contribution in [2.24, 2.45) is 0 Å². The first-order valence-electron chi connectivity index (χ1n) is 4.68. The van der Waals surface area contributed by atoms with Gasteiger partial charge in [-0.3, -0.25) is 0 Å². The third-order valence-electron chi connectivity index (χ3n) is 1.97. The van der Waals surface area contributed by atoms with Crippen LogP contribution in [0.2, 0.25) is 0 Å². The molecular weight excluding hydrogens is 272 g/mol. The molecule has 9 heteroatoms. The number of carbonyl (C=O) groups is 1. The van der Waals surface area contributed by atoms with Crippen molar-refractivity contribution >= 4 is 11.9 Å². The molecule has 2 aromatic rings. The smallest absolute Gasteiger partial charge is 0.858 e. The van der Waals surface area contributed by atoms with Crippen LogP contribution in [0.15, 0.2) is 29.0 Å². The van der Waals surface area contributed by atoms with Crippen LogP contribution in [0.5, 0.6) is 5.88 Å². The third kappa shape index (κ3) is 5.13. The predicted octanol–water partition coefficient (Wildman–Crippen LogP) is -6.87. The van der Waals surface area contributed by atoms with Crippen molar-refractivity contribution in [1.82, 2.24) is 9.97 Å². The number of rotatable bonds is 4. The van der Waals surface area contributed by atoms with Crippen LogP contribution in [0.4, 0.5) is 5.95 Å². The predicted molar refractivity (Wildman–Crippen MR) is 51.8 cm³/mol. The van der Waals surface area contributed by atoms with Crippen molar-refractivity contribution in [2.45, 2.75) is 6.54 Å². The molecule has 0 aliphatic heterocycles. The topological polar surface area (TPSA) is 114 Å². The van der Waals surface area contributed by atoms with Crippen LogP contribution in [-0.2, 0) is 6.54 Å². The number of aromatic carboxylic acids is 1. The fourth-order valence-electron chi connectivity index (χ4n) is 1.17. The van der Waals surface area contributed by atoms with E-state index in [1.807, 2.05) is 0 Å². The maximum atomic E-state index is 11.2. The van der Waals surface area contributed by atoms with E-state index in [-0.39, 0.29) is 65.1 Å². The quantitative estimate of drug-likeness (QED) is 0.553. The molecule has 2 rings (SSSR count). The second-order valence-corrected chi connectivity index (χ2v) is 3.13. The first-order chi connectivity index (χ1) is 8.16. The van der Waals surface area contributed by atoms with E-state index >= 15 is 0 Å². The molecule has 2 aromatic heterocycles. The van der Waals surface area contributed by atoms with E-state index in [2.05, 4.69) is 15.3 Å². The van der Waals surface area contributed by atoms with Gasteiger partial charge in [-0.05, 0) is 12.1 Å². The average Bonchev–Trinajstić information content (AvgIpc) is 2.78. The van der Waals surface area contributed by atoms with E-state index in [1.165, 1.54) is 6.26 Å². The molecular formula is C10H7N3Na2O4. The maximum Gasteiger partial charge on any atom is 1.00 e. The third-order valence-corrected chi connectivity index (χ3v) is 1.97. The zero-order valence-corrected chi connectivity index (χ0v) is 14.5. The molecule has 0 fully saturated rings. The number of nitrogens with one attached hydrogen (secondary N) is 1. The molecule has 0 amide bonds. The van der Waals surface area contributed by atoms with Gasteiger partial charge in [0.2, 0.25) is 5.95 Å². The summed E-state index contributed by atoms with van der Waals surface area (Å²) in [5.74, 6) is -1.80. The number of carbonyl (C=O) groups excluding carboxylic acids is 1. The average molecular weight is 279 g/mol. The first-order valence-corrected chi connectivity index (χ1v) is 4.68. The van der Waals surface area contributed by atoms with Gasteiger partial charge in [0.1, 0.15) is 5.76 Å². The second-order valence-electron chi connectivity index (χ2n) is 3.13. The van der Waals surface area contributed by atoms with Gasteiger partial charge in [0.05, 0.1) is 18.8 Å². The minimum atomic E-state index is -1.59. The summed E-state index contributed by atoms with van der Waals surface area (Å²) in [6.07, 6.45) is 2.42. The Morgan fingerprint density at radius 2 is 2.16 bits per heavy atom. The number of hydrogen-bond donors (Lipinski definition) is 1. The summed E-state index contributed by atoms with van der Waals surface area (Å²) < 4.78 is 5.05. The zero-order chi connectivity index (χ0) is 12.3. The number of nitrogens with zero attached hydrogens (tertiary/aromatic N) is 2. The van der Waals surface area contributed by atoms with E-state index < -0.39 is 17.4 Å². The molecule has 1 N–H and O–H groups in total. The van der Waals surface area contributed by atoms with Gasteiger partial charge in [0.25, 0.3) is 0 Å². The molecule has 88 valence electrons. The molecule has 19 heavy (non-hydrogen) atoms. The fraction of sp³-hybridized carbons (Fsp3) is 0.100. The summed E-state index contributed by atoms with van der Waals surface area (Å²) >= 11 is 0. The fourth-order valence-corrected chi connectivity index (χ4v) is 1.17. The Hall–Kier alpha value is -0.570. The Labute approximate surface area is 153 Å². The number of carboxylic acid groups (broad SMARTS) is 1. The first kappa shape index (κ1) is 18.4. The van der Waals surface area contributed by atoms with E-state index in [0.717, 1.165) is 6.20 Å². The number of carboxylic acids is 1. The van der Waals surface area contributed by atoms with Crippen LogP contribution >= 0.6 is 0 Å². The molecule has 2 heterocycles. The monoisotopic (exact) mass is 279 g/mol. The van der Waals surface area contributed by atoms with E-state index in [4.69, 9.17) is 4.42 Å². The summed E-state index contributed by atoms with van der Waals surface area (Å²) in [6.45, 7) is 0.303. The molecule has 0 spiro atoms. The van der Waals surface area contributed by atoms with Crippen molar-refractivity contribution < 1.29 is 78.5 Å². The molecule has 0 atom stereocenters. The Bertz CT molecular complexity index is 534. The van der Waals surface area contributed by atoms with E-state index in [0.29, 0.717) is 12.3 Å². The van der Waals surface area contributed by atoms with Gasteiger partial charge in [-0.25, -0.2) is 9.97 Å². The van der Waals surface area contributed by atoms with Gasteiger partial charge in [0, 0.05) is 17.6 Å². The van der Waals surface area contributed by atoms with Gasteiger partial charge in [0.15, 0.2) is 0 Å². The van der Waals surface area contributed by atoms with Crippen LogP contribution < -0.4 is 74.6 Å². The van der Waals surface area contributed by atoms with Crippen LogP contribution in [0.1, 0.15) is 16.1 Å². The second kappa shape index (κ2) is 8.57. The van der Waals surface area contributed by atoms with Crippen molar-refractivity contribution in [3.8, 4) is 5.88 Å². The van der Waals surface area contributed by atoms with Gasteiger partial charge < -0.3 is 24.7 Å². The zero-order valence-electron chi connectivity index (χ0n) is 10.5. The summed E-state index contributed by atoms with van der Waals surface area (Å²) in [5.41, 5.74) is -0.562. The minimum absolute atomic E-state index is 0. The van der Waals surface area contributed by atoms with Gasteiger partial charge in [-0.15, -0.1) is 0 Å². The Kier molecular flexibility index (Phi) is 8.31. The largest absolute Gasteiger partial charge is 1.00 e. The van der Waals surface area contributed by atoms with Crippen LogP contribution in [0.25, 0.3) is 0 Å². The molecule has 0 saturated carbocycles. The van der Waals surface area contributed by atoms with Crippen LogP contribution in [0, 0.1) is 0 Å². The molecule has 0 aliphatic carbocycles. The maximum absolute atomic E-state index is 11.2. The van der Waals surface area contributed by atoms with Crippen LogP contribution in [0.3, 0.4) is 0 Å². The number of hydrogen-bond acceptors (Lipinski definition) is 7. The summed E-state index contributed by atoms with van der Waals surface area (Å²) in [7, 11) is 0. The molecule has 0 radical (unpaired) electrons. The number of furan rings is 1. The minimum Gasteiger partial charge on any atom is -0.858 e. The molecule has 7 nitrogen and oxygen atoms in total. The Morgan fingerprint density at radius 3 is 2.68 bits per heavy atom. The number of aromatic nitrogens is 2. The van der Waals surface area contributed by atoms with Crippen LogP contribution in [-0.4, -0.2) is 15.9 Å². The molecule has 0 aliphatic rings. The summed E-state index contributed by atoms with van der Waals surface area (Å²) in [4.78, 5) is 17.6.